The fraction of sp³-hybridized carbons (Fsp3) is 0.600. The van der Waals surface area contributed by atoms with Gasteiger partial charge in [0, 0.05) is 30.8 Å². The van der Waals surface area contributed by atoms with Crippen LogP contribution in [-0.4, -0.2) is 31.1 Å². The van der Waals surface area contributed by atoms with Crippen molar-refractivity contribution in [2.75, 3.05) is 20.1 Å². The van der Waals surface area contributed by atoms with Crippen molar-refractivity contribution in [3.63, 3.8) is 0 Å². The van der Waals surface area contributed by atoms with Gasteiger partial charge in [0.15, 0.2) is 0 Å². The average Bonchev–Trinajstić information content (AvgIpc) is 2.37. The second-order valence-corrected chi connectivity index (χ2v) is 5.57. The standard InChI is InChI=1S/C15H22F2N2/c1-11(13-4-3-7-19(2)10-13)18-9-12-5-6-14(16)8-15(12)17/h5-6,8,11,13,18H,3-4,7,9-10H2,1-2H3. The van der Waals surface area contributed by atoms with Crippen molar-refractivity contribution in [2.24, 2.45) is 5.92 Å². The number of nitrogens with zero attached hydrogens (tertiary/aromatic N) is 1. The van der Waals surface area contributed by atoms with Crippen LogP contribution in [0, 0.1) is 17.6 Å². The summed E-state index contributed by atoms with van der Waals surface area (Å²) in [7, 11) is 2.14. The Morgan fingerprint density at radius 1 is 1.42 bits per heavy atom. The summed E-state index contributed by atoms with van der Waals surface area (Å²) in [5, 5.41) is 3.36. The van der Waals surface area contributed by atoms with Gasteiger partial charge in [0.2, 0.25) is 0 Å². The number of nitrogens with one attached hydrogen (secondary N) is 1. The minimum Gasteiger partial charge on any atom is -0.310 e. The molecule has 1 N–H and O–H groups in total. The summed E-state index contributed by atoms with van der Waals surface area (Å²) in [6.45, 7) is 4.84. The predicted molar refractivity (Wildman–Crippen MR) is 72.9 cm³/mol. The minimum atomic E-state index is -0.525. The molecule has 0 spiro atoms. The molecule has 1 fully saturated rings. The van der Waals surface area contributed by atoms with Crippen LogP contribution in [0.4, 0.5) is 8.78 Å². The number of likely N-dealkylation sites (tertiary alicyclic amines) is 1. The van der Waals surface area contributed by atoms with Gasteiger partial charge < -0.3 is 10.2 Å². The zero-order valence-electron chi connectivity index (χ0n) is 11.6. The minimum absolute atomic E-state index is 0.340. The van der Waals surface area contributed by atoms with Crippen molar-refractivity contribution in [3.8, 4) is 0 Å². The number of hydrogen-bond donors (Lipinski definition) is 1. The molecule has 1 heterocycles. The zero-order valence-corrected chi connectivity index (χ0v) is 11.6. The van der Waals surface area contributed by atoms with E-state index in [0.29, 0.717) is 24.1 Å². The normalized spacial score (nSPS) is 22.4. The number of halogens is 2. The largest absolute Gasteiger partial charge is 0.310 e. The van der Waals surface area contributed by atoms with Crippen LogP contribution in [-0.2, 0) is 6.54 Å². The smallest absolute Gasteiger partial charge is 0.130 e. The molecule has 1 saturated heterocycles. The highest BCUT2D eigenvalue weighted by molar-refractivity contribution is 5.18. The van der Waals surface area contributed by atoms with E-state index < -0.39 is 11.6 Å². The van der Waals surface area contributed by atoms with Crippen LogP contribution in [0.2, 0.25) is 0 Å². The molecule has 1 aliphatic rings. The molecule has 0 aromatic heterocycles. The van der Waals surface area contributed by atoms with Crippen LogP contribution < -0.4 is 5.32 Å². The number of piperidine rings is 1. The lowest BCUT2D eigenvalue weighted by atomic mass is 9.92. The highest BCUT2D eigenvalue weighted by Gasteiger charge is 2.22. The maximum Gasteiger partial charge on any atom is 0.130 e. The van der Waals surface area contributed by atoms with E-state index in [4.69, 9.17) is 0 Å². The molecule has 2 atom stereocenters. The second kappa shape index (κ2) is 6.44. The van der Waals surface area contributed by atoms with Crippen LogP contribution in [0.5, 0.6) is 0 Å². The van der Waals surface area contributed by atoms with E-state index in [-0.39, 0.29) is 0 Å². The van der Waals surface area contributed by atoms with Gasteiger partial charge in [-0.05, 0) is 45.3 Å². The lowest BCUT2D eigenvalue weighted by Crippen LogP contribution is -2.42. The van der Waals surface area contributed by atoms with Gasteiger partial charge in [0.05, 0.1) is 0 Å². The Kier molecular flexibility index (Phi) is 4.88. The van der Waals surface area contributed by atoms with Gasteiger partial charge in [0.25, 0.3) is 0 Å². The summed E-state index contributed by atoms with van der Waals surface area (Å²) >= 11 is 0. The Balaban J connectivity index is 1.87. The van der Waals surface area contributed by atoms with Crippen LogP contribution in [0.3, 0.4) is 0 Å². The van der Waals surface area contributed by atoms with E-state index in [0.717, 1.165) is 19.2 Å². The van der Waals surface area contributed by atoms with Crippen molar-refractivity contribution < 1.29 is 8.78 Å². The van der Waals surface area contributed by atoms with Crippen LogP contribution in [0.25, 0.3) is 0 Å². The van der Waals surface area contributed by atoms with E-state index in [9.17, 15) is 8.78 Å². The van der Waals surface area contributed by atoms with E-state index in [2.05, 4.69) is 24.2 Å². The second-order valence-electron chi connectivity index (χ2n) is 5.57. The molecule has 1 aromatic rings. The summed E-state index contributed by atoms with van der Waals surface area (Å²) in [5.74, 6) is -0.397. The van der Waals surface area contributed by atoms with Crippen LogP contribution in [0.15, 0.2) is 18.2 Å². The van der Waals surface area contributed by atoms with Crippen molar-refractivity contribution in [1.29, 1.82) is 0 Å². The first-order valence-electron chi connectivity index (χ1n) is 6.92. The first-order valence-corrected chi connectivity index (χ1v) is 6.92. The molecule has 0 aliphatic carbocycles. The molecule has 106 valence electrons. The van der Waals surface area contributed by atoms with E-state index >= 15 is 0 Å². The van der Waals surface area contributed by atoms with Gasteiger partial charge in [-0.25, -0.2) is 8.78 Å². The maximum absolute atomic E-state index is 13.5. The van der Waals surface area contributed by atoms with E-state index in [1.165, 1.54) is 25.0 Å². The highest BCUT2D eigenvalue weighted by atomic mass is 19.1. The Morgan fingerprint density at radius 3 is 2.89 bits per heavy atom. The van der Waals surface area contributed by atoms with E-state index in [1.54, 1.807) is 0 Å². The third-order valence-electron chi connectivity index (χ3n) is 4.00. The summed E-state index contributed by atoms with van der Waals surface area (Å²) < 4.78 is 26.3. The molecular weight excluding hydrogens is 246 g/mol. The van der Waals surface area contributed by atoms with Gasteiger partial charge in [-0.15, -0.1) is 0 Å². The van der Waals surface area contributed by atoms with Crippen molar-refractivity contribution in [2.45, 2.75) is 32.4 Å². The van der Waals surface area contributed by atoms with E-state index in [1.807, 2.05) is 0 Å². The third kappa shape index (κ3) is 3.98. The molecule has 2 rings (SSSR count). The zero-order chi connectivity index (χ0) is 13.8. The first kappa shape index (κ1) is 14.4. The molecule has 4 heteroatoms. The molecule has 1 aliphatic heterocycles. The van der Waals surface area contributed by atoms with Crippen molar-refractivity contribution in [1.82, 2.24) is 10.2 Å². The summed E-state index contributed by atoms with van der Waals surface area (Å²) in [6, 6.07) is 4.10. The first-order chi connectivity index (χ1) is 9.06. The molecule has 0 saturated carbocycles. The molecular formula is C15H22F2N2. The average molecular weight is 268 g/mol. The molecule has 0 amide bonds. The fourth-order valence-corrected chi connectivity index (χ4v) is 2.72. The van der Waals surface area contributed by atoms with Gasteiger partial charge in [-0.3, -0.25) is 0 Å². The Bertz CT molecular complexity index is 423. The van der Waals surface area contributed by atoms with Gasteiger partial charge in [0.1, 0.15) is 11.6 Å². The molecule has 2 unspecified atom stereocenters. The summed E-state index contributed by atoms with van der Waals surface area (Å²) in [6.07, 6.45) is 2.43. The molecule has 2 nitrogen and oxygen atoms in total. The molecule has 0 radical (unpaired) electrons. The van der Waals surface area contributed by atoms with Crippen LogP contribution >= 0.6 is 0 Å². The molecule has 1 aromatic carbocycles. The van der Waals surface area contributed by atoms with Crippen molar-refractivity contribution >= 4 is 0 Å². The number of benzene rings is 1. The van der Waals surface area contributed by atoms with Crippen LogP contribution in [0.1, 0.15) is 25.3 Å². The SMILES string of the molecule is CC(NCc1ccc(F)cc1F)C1CCCN(C)C1. The summed E-state index contributed by atoms with van der Waals surface area (Å²) in [5.41, 5.74) is 0.525. The topological polar surface area (TPSA) is 15.3 Å². The maximum atomic E-state index is 13.5. The Morgan fingerprint density at radius 2 is 2.21 bits per heavy atom. The molecule has 0 bridgehead atoms. The molecule has 19 heavy (non-hydrogen) atoms. The number of rotatable bonds is 4. The summed E-state index contributed by atoms with van der Waals surface area (Å²) in [4.78, 5) is 2.34. The highest BCUT2D eigenvalue weighted by Crippen LogP contribution is 2.19. The van der Waals surface area contributed by atoms with Gasteiger partial charge in [-0.1, -0.05) is 6.07 Å². The lowest BCUT2D eigenvalue weighted by Gasteiger charge is -2.34. The quantitative estimate of drug-likeness (QED) is 0.903. The fourth-order valence-electron chi connectivity index (χ4n) is 2.72. The lowest BCUT2D eigenvalue weighted by molar-refractivity contribution is 0.178. The monoisotopic (exact) mass is 268 g/mol. The number of hydrogen-bond acceptors (Lipinski definition) is 2. The van der Waals surface area contributed by atoms with Crippen molar-refractivity contribution in [3.05, 3.63) is 35.4 Å². The Labute approximate surface area is 113 Å². The van der Waals surface area contributed by atoms with Gasteiger partial charge >= 0.3 is 0 Å². The third-order valence-corrected chi connectivity index (χ3v) is 4.00. The van der Waals surface area contributed by atoms with Gasteiger partial charge in [-0.2, -0.15) is 0 Å². The Hall–Kier alpha value is -1.00. The predicted octanol–water partition coefficient (Wildman–Crippen LogP) is 2.78.